The van der Waals surface area contributed by atoms with Crippen LogP contribution < -0.4 is 10.6 Å². The van der Waals surface area contributed by atoms with Gasteiger partial charge < -0.3 is 10.6 Å². The molecule has 1 atom stereocenters. The minimum atomic E-state index is -0.684. The van der Waals surface area contributed by atoms with Crippen LogP contribution in [0.25, 0.3) is 0 Å². The Morgan fingerprint density at radius 2 is 1.95 bits per heavy atom. The molecule has 2 rings (SSSR count). The van der Waals surface area contributed by atoms with Gasteiger partial charge in [0.05, 0.1) is 0 Å². The van der Waals surface area contributed by atoms with Gasteiger partial charge in [-0.15, -0.1) is 11.6 Å². The largest absolute Gasteiger partial charge is 0.355 e. The normalized spacial score (nSPS) is 15.4. The van der Waals surface area contributed by atoms with Crippen molar-refractivity contribution in [1.82, 2.24) is 10.6 Å². The van der Waals surface area contributed by atoms with Crippen molar-refractivity contribution in [2.45, 2.75) is 37.1 Å². The zero-order chi connectivity index (χ0) is 14.4. The number of halogens is 1. The molecule has 1 aliphatic carbocycles. The van der Waals surface area contributed by atoms with Gasteiger partial charge in [0, 0.05) is 19.0 Å². The van der Waals surface area contributed by atoms with Gasteiger partial charge in [0.25, 0.3) is 0 Å². The molecule has 20 heavy (non-hydrogen) atoms. The van der Waals surface area contributed by atoms with E-state index in [2.05, 4.69) is 10.6 Å². The Balaban J connectivity index is 1.63. The van der Waals surface area contributed by atoms with Gasteiger partial charge in [0.15, 0.2) is 0 Å². The highest BCUT2D eigenvalue weighted by molar-refractivity contribution is 6.30. The molecule has 0 spiro atoms. The summed E-state index contributed by atoms with van der Waals surface area (Å²) in [7, 11) is 0. The molecule has 0 heterocycles. The smallest absolute Gasteiger partial charge is 0.242 e. The van der Waals surface area contributed by atoms with Gasteiger partial charge in [-0.2, -0.15) is 0 Å². The molecule has 0 bridgehead atoms. The second-order valence-corrected chi connectivity index (χ2v) is 5.45. The van der Waals surface area contributed by atoms with E-state index in [1.54, 1.807) is 0 Å². The molecular weight excluding hydrogens is 276 g/mol. The summed E-state index contributed by atoms with van der Waals surface area (Å²) in [6.45, 7) is 0.465. The zero-order valence-electron chi connectivity index (χ0n) is 11.3. The van der Waals surface area contributed by atoms with Crippen LogP contribution in [0.1, 0.15) is 36.6 Å². The van der Waals surface area contributed by atoms with Crippen LogP contribution in [0.5, 0.6) is 0 Å². The fourth-order valence-corrected chi connectivity index (χ4v) is 2.07. The molecule has 2 amide bonds. The van der Waals surface area contributed by atoms with E-state index in [0.29, 0.717) is 25.4 Å². The Morgan fingerprint density at radius 3 is 2.60 bits per heavy atom. The Bertz CT molecular complexity index is 460. The van der Waals surface area contributed by atoms with Crippen molar-refractivity contribution in [2.24, 2.45) is 0 Å². The number of benzene rings is 1. The SMILES string of the molecule is O=C(CCCNC(=O)C(Cl)c1ccccc1)NC1CC1. The zero-order valence-corrected chi connectivity index (χ0v) is 12.0. The molecule has 1 saturated carbocycles. The number of nitrogens with one attached hydrogen (secondary N) is 2. The van der Waals surface area contributed by atoms with E-state index in [9.17, 15) is 9.59 Å². The van der Waals surface area contributed by atoms with E-state index in [1.165, 1.54) is 0 Å². The van der Waals surface area contributed by atoms with Crippen LogP contribution in [0.15, 0.2) is 30.3 Å². The van der Waals surface area contributed by atoms with Gasteiger partial charge in [-0.05, 0) is 24.8 Å². The molecule has 1 aromatic carbocycles. The van der Waals surface area contributed by atoms with Crippen LogP contribution in [0, 0.1) is 0 Å². The van der Waals surface area contributed by atoms with Gasteiger partial charge in [-0.1, -0.05) is 30.3 Å². The monoisotopic (exact) mass is 294 g/mol. The van der Waals surface area contributed by atoms with Crippen LogP contribution in [0.4, 0.5) is 0 Å². The highest BCUT2D eigenvalue weighted by atomic mass is 35.5. The number of rotatable bonds is 7. The maximum absolute atomic E-state index is 11.8. The molecule has 4 nitrogen and oxygen atoms in total. The fraction of sp³-hybridized carbons (Fsp3) is 0.467. The molecule has 0 aliphatic heterocycles. The Hall–Kier alpha value is -1.55. The number of hydrogen-bond donors (Lipinski definition) is 2. The molecule has 108 valence electrons. The number of carbonyl (C=O) groups is 2. The average Bonchev–Trinajstić information content (AvgIpc) is 3.27. The number of carbonyl (C=O) groups excluding carboxylic acids is 2. The van der Waals surface area contributed by atoms with Crippen molar-refractivity contribution in [3.05, 3.63) is 35.9 Å². The molecule has 1 unspecified atom stereocenters. The highest BCUT2D eigenvalue weighted by Crippen LogP contribution is 2.20. The highest BCUT2D eigenvalue weighted by Gasteiger charge is 2.22. The van der Waals surface area contributed by atoms with Gasteiger partial charge in [-0.3, -0.25) is 9.59 Å². The van der Waals surface area contributed by atoms with E-state index in [4.69, 9.17) is 11.6 Å². The molecule has 2 N–H and O–H groups in total. The third-order valence-electron chi connectivity index (χ3n) is 3.14. The first-order valence-corrected chi connectivity index (χ1v) is 7.36. The summed E-state index contributed by atoms with van der Waals surface area (Å²) >= 11 is 6.08. The first kappa shape index (κ1) is 14.9. The predicted octanol–water partition coefficient (Wildman–Crippen LogP) is 2.14. The maximum atomic E-state index is 11.8. The number of hydrogen-bond acceptors (Lipinski definition) is 2. The van der Waals surface area contributed by atoms with Gasteiger partial charge in [0.2, 0.25) is 11.8 Å². The lowest BCUT2D eigenvalue weighted by molar-refractivity contribution is -0.122. The second kappa shape index (κ2) is 7.29. The summed E-state index contributed by atoms with van der Waals surface area (Å²) < 4.78 is 0. The third kappa shape index (κ3) is 4.85. The predicted molar refractivity (Wildman–Crippen MR) is 78.4 cm³/mol. The van der Waals surface area contributed by atoms with E-state index < -0.39 is 5.38 Å². The summed E-state index contributed by atoms with van der Waals surface area (Å²) in [6.07, 6.45) is 3.25. The quantitative estimate of drug-likeness (QED) is 0.598. The standard InChI is InChI=1S/C15H19ClN2O2/c16-14(11-5-2-1-3-6-11)15(20)17-10-4-7-13(19)18-12-8-9-12/h1-3,5-6,12,14H,4,7-10H2,(H,17,20)(H,18,19). The van der Waals surface area contributed by atoms with Crippen molar-refractivity contribution in [3.63, 3.8) is 0 Å². The first-order chi connectivity index (χ1) is 9.66. The summed E-state index contributed by atoms with van der Waals surface area (Å²) in [6, 6.07) is 9.60. The third-order valence-corrected chi connectivity index (χ3v) is 3.59. The summed E-state index contributed by atoms with van der Waals surface area (Å²) in [5, 5.41) is 4.98. The molecule has 0 radical (unpaired) electrons. The molecule has 0 saturated heterocycles. The Morgan fingerprint density at radius 1 is 1.25 bits per heavy atom. The van der Waals surface area contributed by atoms with Crippen LogP contribution in [-0.4, -0.2) is 24.4 Å². The summed E-state index contributed by atoms with van der Waals surface area (Å²) in [4.78, 5) is 23.3. The molecule has 0 aromatic heterocycles. The molecule has 5 heteroatoms. The van der Waals surface area contributed by atoms with Crippen molar-refractivity contribution >= 4 is 23.4 Å². The Labute approximate surface area is 123 Å². The van der Waals surface area contributed by atoms with Crippen LogP contribution in [0.3, 0.4) is 0 Å². The molecular formula is C15H19ClN2O2. The van der Waals surface area contributed by atoms with Crippen molar-refractivity contribution in [3.8, 4) is 0 Å². The topological polar surface area (TPSA) is 58.2 Å². The van der Waals surface area contributed by atoms with Gasteiger partial charge >= 0.3 is 0 Å². The van der Waals surface area contributed by atoms with E-state index in [1.807, 2.05) is 30.3 Å². The minimum Gasteiger partial charge on any atom is -0.355 e. The first-order valence-electron chi connectivity index (χ1n) is 6.93. The van der Waals surface area contributed by atoms with E-state index in [-0.39, 0.29) is 11.8 Å². The Kier molecular flexibility index (Phi) is 5.41. The van der Waals surface area contributed by atoms with Crippen LogP contribution >= 0.6 is 11.6 Å². The average molecular weight is 295 g/mol. The van der Waals surface area contributed by atoms with Crippen molar-refractivity contribution in [1.29, 1.82) is 0 Å². The lowest BCUT2D eigenvalue weighted by Crippen LogP contribution is -2.30. The lowest BCUT2D eigenvalue weighted by atomic mass is 10.1. The molecule has 1 fully saturated rings. The number of amides is 2. The molecule has 1 aromatic rings. The van der Waals surface area contributed by atoms with Gasteiger partial charge in [0.1, 0.15) is 5.38 Å². The summed E-state index contributed by atoms with van der Waals surface area (Å²) in [5.74, 6) is -0.160. The van der Waals surface area contributed by atoms with Crippen LogP contribution in [0.2, 0.25) is 0 Å². The van der Waals surface area contributed by atoms with Gasteiger partial charge in [-0.25, -0.2) is 0 Å². The van der Waals surface area contributed by atoms with E-state index >= 15 is 0 Å². The minimum absolute atomic E-state index is 0.0623. The van der Waals surface area contributed by atoms with Crippen molar-refractivity contribution in [2.75, 3.05) is 6.54 Å². The van der Waals surface area contributed by atoms with Crippen LogP contribution in [-0.2, 0) is 9.59 Å². The van der Waals surface area contributed by atoms with Crippen molar-refractivity contribution < 1.29 is 9.59 Å². The maximum Gasteiger partial charge on any atom is 0.242 e. The fourth-order valence-electron chi connectivity index (χ4n) is 1.85. The lowest BCUT2D eigenvalue weighted by Gasteiger charge is -2.10. The molecule has 1 aliphatic rings. The summed E-state index contributed by atoms with van der Waals surface area (Å²) in [5.41, 5.74) is 0.776. The van der Waals surface area contributed by atoms with E-state index in [0.717, 1.165) is 18.4 Å². The second-order valence-electron chi connectivity index (χ2n) is 5.01. The number of alkyl halides is 1.